The molecule has 0 spiro atoms. The van der Waals surface area contributed by atoms with E-state index >= 15 is 0 Å². The third kappa shape index (κ3) is 43.9. The fourth-order valence-electron chi connectivity index (χ4n) is 6.28. The van der Waals surface area contributed by atoms with Crippen molar-refractivity contribution in [1.82, 2.24) is 21.3 Å². The molecule has 0 aromatic carbocycles. The molecule has 0 bridgehead atoms. The standard InChI is InChI=1S/C47H89N5O12/c1-46(2,3)63-44(57)24-22-20-18-16-14-12-10-8-7-9-11-13-15-17-19-21-23-41(54)52-39(45(58)64-47(4,5)6)25-26-40(53)50-29-31-59-33-36-62-38-43(56)51-30-32-60-34-35-61-37-42(55)49-28-27-48/h39H,7-38,48H2,1-6H3,(H,49,55)(H,50,53)(H,51,56)(H,52,54)/t39-/m0/s1. The van der Waals surface area contributed by atoms with Gasteiger partial charge in [0.25, 0.3) is 0 Å². The molecule has 17 nitrogen and oxygen atoms in total. The van der Waals surface area contributed by atoms with Crippen LogP contribution in [-0.4, -0.2) is 132 Å². The lowest BCUT2D eigenvalue weighted by Crippen LogP contribution is -2.44. The van der Waals surface area contributed by atoms with Crippen LogP contribution in [0.5, 0.6) is 0 Å². The first-order valence-corrected chi connectivity index (χ1v) is 24.1. The molecule has 0 saturated heterocycles. The highest BCUT2D eigenvalue weighted by molar-refractivity contribution is 5.85. The van der Waals surface area contributed by atoms with Crippen LogP contribution in [0.2, 0.25) is 0 Å². The van der Waals surface area contributed by atoms with Gasteiger partial charge in [0.1, 0.15) is 30.5 Å². The molecule has 4 amide bonds. The predicted molar refractivity (Wildman–Crippen MR) is 247 cm³/mol. The Balaban J connectivity index is 3.95. The molecular formula is C47H89N5O12. The van der Waals surface area contributed by atoms with E-state index in [-0.39, 0.29) is 102 Å². The van der Waals surface area contributed by atoms with Gasteiger partial charge in [-0.3, -0.25) is 24.0 Å². The summed E-state index contributed by atoms with van der Waals surface area (Å²) in [5.41, 5.74) is 4.18. The Morgan fingerprint density at radius 3 is 1.27 bits per heavy atom. The summed E-state index contributed by atoms with van der Waals surface area (Å²) < 4.78 is 32.2. The summed E-state index contributed by atoms with van der Waals surface area (Å²) in [6.45, 7) is 13.6. The van der Waals surface area contributed by atoms with Gasteiger partial charge in [-0.2, -0.15) is 0 Å². The first kappa shape index (κ1) is 60.6. The first-order chi connectivity index (χ1) is 30.5. The minimum absolute atomic E-state index is 0.0233. The van der Waals surface area contributed by atoms with E-state index in [1.165, 1.54) is 64.2 Å². The van der Waals surface area contributed by atoms with Crippen LogP contribution in [0.4, 0.5) is 0 Å². The number of amides is 4. The summed E-state index contributed by atoms with van der Waals surface area (Å²) in [6, 6.07) is -0.926. The lowest BCUT2D eigenvalue weighted by atomic mass is 10.0. The number of hydrogen-bond acceptors (Lipinski definition) is 13. The van der Waals surface area contributed by atoms with Gasteiger partial charge in [-0.05, 0) is 60.8 Å². The van der Waals surface area contributed by atoms with Gasteiger partial charge in [-0.15, -0.1) is 0 Å². The van der Waals surface area contributed by atoms with Crippen LogP contribution in [0.15, 0.2) is 0 Å². The van der Waals surface area contributed by atoms with E-state index in [0.29, 0.717) is 32.5 Å². The van der Waals surface area contributed by atoms with E-state index in [4.69, 9.17) is 34.2 Å². The Morgan fingerprint density at radius 1 is 0.438 bits per heavy atom. The van der Waals surface area contributed by atoms with Gasteiger partial charge in [0.2, 0.25) is 23.6 Å². The molecule has 6 N–H and O–H groups in total. The lowest BCUT2D eigenvalue weighted by molar-refractivity contribution is -0.159. The van der Waals surface area contributed by atoms with Gasteiger partial charge in [0, 0.05) is 45.4 Å². The maximum atomic E-state index is 12.9. The number of carbonyl (C=O) groups is 6. The molecule has 0 saturated carbocycles. The number of unbranched alkanes of at least 4 members (excludes halogenated alkanes) is 15. The van der Waals surface area contributed by atoms with E-state index in [1.807, 2.05) is 20.8 Å². The third-order valence-corrected chi connectivity index (χ3v) is 9.46. The maximum absolute atomic E-state index is 12.9. The summed E-state index contributed by atoms with van der Waals surface area (Å²) in [5.74, 6) is -1.70. The van der Waals surface area contributed by atoms with Crippen molar-refractivity contribution in [3.63, 3.8) is 0 Å². The first-order valence-electron chi connectivity index (χ1n) is 24.1. The van der Waals surface area contributed by atoms with Crippen LogP contribution >= 0.6 is 0 Å². The van der Waals surface area contributed by atoms with Gasteiger partial charge in [-0.25, -0.2) is 4.79 Å². The zero-order valence-corrected chi connectivity index (χ0v) is 40.7. The number of nitrogens with two attached hydrogens (primary N) is 1. The van der Waals surface area contributed by atoms with E-state index in [0.717, 1.165) is 38.5 Å². The van der Waals surface area contributed by atoms with Crippen molar-refractivity contribution in [3.8, 4) is 0 Å². The minimum Gasteiger partial charge on any atom is -0.460 e. The molecule has 0 aromatic heterocycles. The fraction of sp³-hybridized carbons (Fsp3) is 0.872. The molecule has 0 fully saturated rings. The molecule has 0 unspecified atom stereocenters. The molecule has 0 heterocycles. The summed E-state index contributed by atoms with van der Waals surface area (Å²) in [7, 11) is 0. The number of carbonyl (C=O) groups excluding carboxylic acids is 6. The molecule has 0 rings (SSSR count). The monoisotopic (exact) mass is 916 g/mol. The van der Waals surface area contributed by atoms with Crippen molar-refractivity contribution in [2.75, 3.05) is 79.0 Å². The normalized spacial score (nSPS) is 12.0. The van der Waals surface area contributed by atoms with E-state index in [2.05, 4.69) is 21.3 Å². The average molecular weight is 916 g/mol. The Labute approximate surface area is 385 Å². The average Bonchev–Trinajstić information content (AvgIpc) is 3.21. The second kappa shape index (κ2) is 39.9. The van der Waals surface area contributed by atoms with E-state index in [9.17, 15) is 28.8 Å². The largest absolute Gasteiger partial charge is 0.460 e. The van der Waals surface area contributed by atoms with Gasteiger partial charge < -0.3 is 55.4 Å². The zero-order chi connectivity index (χ0) is 47.7. The fourth-order valence-corrected chi connectivity index (χ4v) is 6.28. The molecule has 1 atom stereocenters. The Kier molecular flexibility index (Phi) is 37.8. The Hall–Kier alpha value is -3.38. The highest BCUT2D eigenvalue weighted by Crippen LogP contribution is 2.16. The molecule has 0 aliphatic rings. The molecular weight excluding hydrogens is 827 g/mol. The SMILES string of the molecule is CC(C)(C)OC(=O)CCCCCCCCCCCCCCCCCCC(=O)N[C@@H](CCC(=O)NCCOCCOCC(=O)NCCOCCOCC(=O)NCCN)C(=O)OC(C)(C)C. The molecule has 17 heteroatoms. The van der Waals surface area contributed by atoms with Crippen LogP contribution < -0.4 is 27.0 Å². The molecule has 0 aliphatic carbocycles. The van der Waals surface area contributed by atoms with Crippen molar-refractivity contribution in [2.24, 2.45) is 5.73 Å². The second-order valence-corrected chi connectivity index (χ2v) is 18.1. The molecule has 64 heavy (non-hydrogen) atoms. The van der Waals surface area contributed by atoms with Crippen LogP contribution in [-0.2, 0) is 57.2 Å². The summed E-state index contributed by atoms with van der Waals surface area (Å²) in [4.78, 5) is 73.3. The molecule has 0 aliphatic heterocycles. The molecule has 374 valence electrons. The van der Waals surface area contributed by atoms with Gasteiger partial charge in [0.15, 0.2) is 0 Å². The number of esters is 2. The van der Waals surface area contributed by atoms with Crippen LogP contribution in [0.25, 0.3) is 0 Å². The van der Waals surface area contributed by atoms with Crippen molar-refractivity contribution in [1.29, 1.82) is 0 Å². The highest BCUT2D eigenvalue weighted by Gasteiger charge is 2.27. The van der Waals surface area contributed by atoms with E-state index in [1.54, 1.807) is 20.8 Å². The summed E-state index contributed by atoms with van der Waals surface area (Å²) in [6.07, 6.45) is 19.5. The maximum Gasteiger partial charge on any atom is 0.329 e. The lowest BCUT2D eigenvalue weighted by Gasteiger charge is -2.24. The van der Waals surface area contributed by atoms with Crippen LogP contribution in [0.3, 0.4) is 0 Å². The predicted octanol–water partition coefficient (Wildman–Crippen LogP) is 5.33. The highest BCUT2D eigenvalue weighted by atomic mass is 16.6. The second-order valence-electron chi connectivity index (χ2n) is 18.1. The minimum atomic E-state index is -0.926. The van der Waals surface area contributed by atoms with Crippen LogP contribution in [0.1, 0.15) is 170 Å². The number of nitrogens with one attached hydrogen (secondary N) is 4. The quantitative estimate of drug-likeness (QED) is 0.0386. The molecule has 0 aromatic rings. The van der Waals surface area contributed by atoms with Gasteiger partial charge in [-0.1, -0.05) is 89.9 Å². The topological polar surface area (TPSA) is 232 Å². The van der Waals surface area contributed by atoms with Gasteiger partial charge >= 0.3 is 11.9 Å². The Bertz CT molecular complexity index is 1240. The van der Waals surface area contributed by atoms with E-state index < -0.39 is 23.2 Å². The number of ether oxygens (including phenoxy) is 6. The molecule has 0 radical (unpaired) electrons. The number of hydrogen-bond donors (Lipinski definition) is 5. The Morgan fingerprint density at radius 2 is 0.828 bits per heavy atom. The smallest absolute Gasteiger partial charge is 0.329 e. The van der Waals surface area contributed by atoms with Crippen molar-refractivity contribution >= 4 is 35.6 Å². The zero-order valence-electron chi connectivity index (χ0n) is 40.7. The van der Waals surface area contributed by atoms with Crippen molar-refractivity contribution in [3.05, 3.63) is 0 Å². The van der Waals surface area contributed by atoms with Crippen molar-refractivity contribution in [2.45, 2.75) is 187 Å². The third-order valence-electron chi connectivity index (χ3n) is 9.46. The number of rotatable bonds is 42. The van der Waals surface area contributed by atoms with Gasteiger partial charge in [0.05, 0.1) is 39.6 Å². The summed E-state index contributed by atoms with van der Waals surface area (Å²) >= 11 is 0. The summed E-state index contributed by atoms with van der Waals surface area (Å²) in [5, 5.41) is 10.8. The van der Waals surface area contributed by atoms with Crippen LogP contribution in [0, 0.1) is 0 Å². The van der Waals surface area contributed by atoms with Crippen molar-refractivity contribution < 1.29 is 57.2 Å².